The summed E-state index contributed by atoms with van der Waals surface area (Å²) in [4.78, 5) is 67.3. The number of fused-ring (bicyclic) bond motifs is 1. The van der Waals surface area contributed by atoms with Gasteiger partial charge in [-0.2, -0.15) is 0 Å². The molecule has 1 saturated heterocycles. The van der Waals surface area contributed by atoms with Gasteiger partial charge in [-0.1, -0.05) is 6.07 Å². The predicted octanol–water partition coefficient (Wildman–Crippen LogP) is 1.20. The smallest absolute Gasteiger partial charge is 0.270 e. The van der Waals surface area contributed by atoms with E-state index < -0.39 is 35.1 Å². The van der Waals surface area contributed by atoms with Crippen molar-refractivity contribution in [2.24, 2.45) is 0 Å². The maximum Gasteiger partial charge on any atom is 0.270 e. The molecule has 1 aromatic carbocycles. The van der Waals surface area contributed by atoms with Crippen LogP contribution in [0.5, 0.6) is 5.75 Å². The number of benzene rings is 1. The molecule has 4 rings (SSSR count). The van der Waals surface area contributed by atoms with Gasteiger partial charge in [-0.25, -0.2) is 4.98 Å². The first-order chi connectivity index (χ1) is 15.7. The molecular formula is C23H22N4O6. The largest absolute Gasteiger partial charge is 0.492 e. The minimum atomic E-state index is -1.45. The second-order valence-corrected chi connectivity index (χ2v) is 7.97. The molecule has 0 radical (unpaired) electrons. The van der Waals surface area contributed by atoms with Crippen molar-refractivity contribution in [1.29, 1.82) is 0 Å². The third-order valence-corrected chi connectivity index (χ3v) is 5.76. The number of aromatic nitrogens is 1. The number of ether oxygens (including phenoxy) is 1. The first-order valence-electron chi connectivity index (χ1n) is 10.5. The van der Waals surface area contributed by atoms with E-state index in [2.05, 4.69) is 15.6 Å². The molecule has 10 nitrogen and oxygen atoms in total. The van der Waals surface area contributed by atoms with E-state index in [1.165, 1.54) is 25.3 Å². The highest BCUT2D eigenvalue weighted by Crippen LogP contribution is 2.34. The van der Waals surface area contributed by atoms with Gasteiger partial charge < -0.3 is 10.1 Å². The Labute approximate surface area is 189 Å². The van der Waals surface area contributed by atoms with E-state index >= 15 is 0 Å². The molecule has 2 aliphatic rings. The van der Waals surface area contributed by atoms with Gasteiger partial charge in [-0.3, -0.25) is 34.2 Å². The van der Waals surface area contributed by atoms with Crippen LogP contribution in [0, 0.1) is 0 Å². The zero-order valence-electron chi connectivity index (χ0n) is 18.1. The van der Waals surface area contributed by atoms with Crippen molar-refractivity contribution >= 4 is 29.5 Å². The van der Waals surface area contributed by atoms with E-state index in [-0.39, 0.29) is 36.2 Å². The van der Waals surface area contributed by atoms with Crippen LogP contribution in [0.3, 0.4) is 0 Å². The third kappa shape index (κ3) is 3.95. The van der Waals surface area contributed by atoms with Gasteiger partial charge >= 0.3 is 0 Å². The lowest BCUT2D eigenvalue weighted by Crippen LogP contribution is -2.62. The van der Waals surface area contributed by atoms with Crippen molar-refractivity contribution < 1.29 is 28.7 Å². The zero-order chi connectivity index (χ0) is 23.8. The van der Waals surface area contributed by atoms with Crippen LogP contribution in [0.25, 0.3) is 0 Å². The quantitative estimate of drug-likeness (QED) is 0.632. The number of carbonyl (C=O) groups excluding carboxylic acids is 5. The van der Waals surface area contributed by atoms with Crippen LogP contribution < -0.4 is 15.4 Å². The Hall–Kier alpha value is -4.08. The van der Waals surface area contributed by atoms with Gasteiger partial charge in [0.1, 0.15) is 17.0 Å². The Morgan fingerprint density at radius 3 is 2.58 bits per heavy atom. The fraction of sp³-hybridized carbons (Fsp3) is 0.304. The lowest BCUT2D eigenvalue weighted by molar-refractivity contribution is -0.140. The molecule has 2 aliphatic heterocycles. The second-order valence-electron chi connectivity index (χ2n) is 7.97. The summed E-state index contributed by atoms with van der Waals surface area (Å²) in [5.41, 5.74) is -0.312. The van der Waals surface area contributed by atoms with Gasteiger partial charge in [0.25, 0.3) is 23.6 Å². The van der Waals surface area contributed by atoms with Crippen molar-refractivity contribution in [3.05, 3.63) is 58.9 Å². The number of amides is 5. The maximum atomic E-state index is 13.1. The molecule has 3 heterocycles. The van der Waals surface area contributed by atoms with Gasteiger partial charge in [0, 0.05) is 13.0 Å². The van der Waals surface area contributed by atoms with Gasteiger partial charge in [0.2, 0.25) is 5.91 Å². The molecule has 2 N–H and O–H groups in total. The van der Waals surface area contributed by atoms with E-state index in [0.29, 0.717) is 17.9 Å². The fourth-order valence-electron chi connectivity index (χ4n) is 3.89. The van der Waals surface area contributed by atoms with Crippen molar-refractivity contribution in [3.63, 3.8) is 0 Å². The molecule has 0 bridgehead atoms. The Balaban J connectivity index is 1.48. The Morgan fingerprint density at radius 1 is 1.15 bits per heavy atom. The molecular weight excluding hydrogens is 428 g/mol. The minimum Gasteiger partial charge on any atom is -0.492 e. The molecule has 0 aliphatic carbocycles. The summed E-state index contributed by atoms with van der Waals surface area (Å²) in [7, 11) is 0. The van der Waals surface area contributed by atoms with E-state index in [1.807, 2.05) is 6.92 Å². The van der Waals surface area contributed by atoms with Crippen LogP contribution in [-0.2, 0) is 16.1 Å². The number of rotatable bonds is 6. The fourth-order valence-corrected chi connectivity index (χ4v) is 3.89. The van der Waals surface area contributed by atoms with Crippen LogP contribution in [0.4, 0.5) is 0 Å². The Morgan fingerprint density at radius 2 is 1.91 bits per heavy atom. The third-order valence-electron chi connectivity index (χ3n) is 5.76. The molecule has 0 saturated carbocycles. The highest BCUT2D eigenvalue weighted by atomic mass is 16.5. The summed E-state index contributed by atoms with van der Waals surface area (Å²) in [5, 5.41) is 4.92. The Bertz CT molecular complexity index is 1180. The van der Waals surface area contributed by atoms with E-state index in [9.17, 15) is 24.0 Å². The first kappa shape index (κ1) is 22.1. The number of pyridine rings is 1. The molecule has 0 spiro atoms. The zero-order valence-corrected chi connectivity index (χ0v) is 18.1. The van der Waals surface area contributed by atoms with Crippen LogP contribution in [0.15, 0.2) is 36.5 Å². The van der Waals surface area contributed by atoms with Crippen molar-refractivity contribution in [2.75, 3.05) is 6.61 Å². The topological polar surface area (TPSA) is 135 Å². The lowest BCUT2D eigenvalue weighted by atomic mass is 9.89. The number of piperidine rings is 1. The number of imide groups is 2. The lowest BCUT2D eigenvalue weighted by Gasteiger charge is -2.38. The van der Waals surface area contributed by atoms with E-state index in [4.69, 9.17) is 4.74 Å². The molecule has 5 amide bonds. The van der Waals surface area contributed by atoms with Crippen LogP contribution in [-0.4, -0.2) is 51.6 Å². The van der Waals surface area contributed by atoms with Gasteiger partial charge in [0.05, 0.1) is 23.9 Å². The number of hydrogen-bond donors (Lipinski definition) is 2. The first-order valence-corrected chi connectivity index (χ1v) is 10.5. The number of nitrogens with zero attached hydrogens (tertiary/aromatic N) is 2. The standard InChI is InChI=1S/C23H22N4O6/c1-3-33-14-5-7-17(24-12-14)19(29)25-11-13-4-6-15-16(10-13)21(31)27(20(15)30)23(2)9-8-18(28)26-22(23)32/h4-7,10,12H,3,8-9,11H2,1-2H3,(H,25,29)(H,26,28,32)/t23-/m0/s1. The normalized spacial score (nSPS) is 19.9. The van der Waals surface area contributed by atoms with Crippen LogP contribution >= 0.6 is 0 Å². The molecule has 1 aromatic heterocycles. The summed E-state index contributed by atoms with van der Waals surface area (Å²) in [6.07, 6.45) is 1.55. The molecule has 1 atom stereocenters. The maximum absolute atomic E-state index is 13.1. The van der Waals surface area contributed by atoms with Crippen molar-refractivity contribution in [2.45, 2.75) is 38.8 Å². The predicted molar refractivity (Wildman–Crippen MR) is 114 cm³/mol. The van der Waals surface area contributed by atoms with Gasteiger partial charge in [0.15, 0.2) is 0 Å². The molecule has 1 fully saturated rings. The average molecular weight is 450 g/mol. The van der Waals surface area contributed by atoms with E-state index in [0.717, 1.165) is 4.90 Å². The average Bonchev–Trinajstić information content (AvgIpc) is 3.05. The molecule has 2 aromatic rings. The van der Waals surface area contributed by atoms with Crippen LogP contribution in [0.1, 0.15) is 63.5 Å². The summed E-state index contributed by atoms with van der Waals surface area (Å²) >= 11 is 0. The summed E-state index contributed by atoms with van der Waals surface area (Å²) in [5.74, 6) is -2.15. The monoisotopic (exact) mass is 450 g/mol. The Kier molecular flexibility index (Phi) is 5.67. The number of hydrogen-bond acceptors (Lipinski definition) is 7. The van der Waals surface area contributed by atoms with E-state index in [1.54, 1.807) is 18.2 Å². The molecule has 0 unspecified atom stereocenters. The SMILES string of the molecule is CCOc1ccc(C(=O)NCc2ccc3c(c2)C(=O)N([C@@]2(C)CCC(=O)NC2=O)C3=O)nc1. The molecule has 170 valence electrons. The van der Waals surface area contributed by atoms with Crippen LogP contribution in [0.2, 0.25) is 0 Å². The van der Waals surface area contributed by atoms with Gasteiger partial charge in [-0.15, -0.1) is 0 Å². The molecule has 33 heavy (non-hydrogen) atoms. The summed E-state index contributed by atoms with van der Waals surface area (Å²) in [6.45, 7) is 3.92. The number of nitrogens with one attached hydrogen (secondary N) is 2. The highest BCUT2D eigenvalue weighted by Gasteiger charge is 2.52. The highest BCUT2D eigenvalue weighted by molar-refractivity contribution is 6.24. The minimum absolute atomic E-state index is 0.0342. The van der Waals surface area contributed by atoms with Crippen molar-refractivity contribution in [3.8, 4) is 5.75 Å². The van der Waals surface area contributed by atoms with Crippen molar-refractivity contribution in [1.82, 2.24) is 20.5 Å². The van der Waals surface area contributed by atoms with Gasteiger partial charge in [-0.05, 0) is 50.1 Å². The summed E-state index contributed by atoms with van der Waals surface area (Å²) < 4.78 is 5.30. The second kappa shape index (κ2) is 8.45. The number of carbonyl (C=O) groups is 5. The molecule has 10 heteroatoms. The summed E-state index contributed by atoms with van der Waals surface area (Å²) in [6, 6.07) is 7.85.